The Hall–Kier alpha value is -1.65. The van der Waals surface area contributed by atoms with E-state index < -0.39 is 9.81 Å². The largest absolute Gasteiger partial charge is 0.484 e. The van der Waals surface area contributed by atoms with Crippen molar-refractivity contribution >= 4 is 35.0 Å². The third-order valence-electron chi connectivity index (χ3n) is 4.23. The summed E-state index contributed by atoms with van der Waals surface area (Å²) in [5.74, 6) is 0.440. The highest BCUT2D eigenvalue weighted by Gasteiger charge is 2.57. The lowest BCUT2D eigenvalue weighted by Gasteiger charge is -2.43. The molecule has 1 atom stereocenters. The Balaban J connectivity index is 1.86. The first-order valence-electron chi connectivity index (χ1n) is 7.92. The summed E-state index contributed by atoms with van der Waals surface area (Å²) in [5, 5.41) is 0. The SMILES string of the molecule is CCc1ccc(NSC2(Cl)C(=O)c3ccccc3OC2(C)C)cc1. The summed E-state index contributed by atoms with van der Waals surface area (Å²) in [6.45, 7) is 5.79. The number of halogens is 1. The van der Waals surface area contributed by atoms with Crippen molar-refractivity contribution in [3.63, 3.8) is 0 Å². The van der Waals surface area contributed by atoms with Crippen LogP contribution in [0.25, 0.3) is 0 Å². The number of hydrogen-bond donors (Lipinski definition) is 1. The van der Waals surface area contributed by atoms with Crippen LogP contribution in [-0.4, -0.2) is 15.6 Å². The van der Waals surface area contributed by atoms with Crippen molar-refractivity contribution in [1.82, 2.24) is 0 Å². The third-order valence-corrected chi connectivity index (χ3v) is 6.39. The lowest BCUT2D eigenvalue weighted by atomic mass is 9.92. The van der Waals surface area contributed by atoms with Gasteiger partial charge in [0.05, 0.1) is 5.56 Å². The van der Waals surface area contributed by atoms with Crippen LogP contribution in [0.5, 0.6) is 5.75 Å². The lowest BCUT2D eigenvalue weighted by Crippen LogP contribution is -2.56. The van der Waals surface area contributed by atoms with Gasteiger partial charge in [0.15, 0.2) is 0 Å². The number of benzene rings is 2. The lowest BCUT2D eigenvalue weighted by molar-refractivity contribution is 0.0579. The van der Waals surface area contributed by atoms with Crippen molar-refractivity contribution < 1.29 is 9.53 Å². The van der Waals surface area contributed by atoms with Gasteiger partial charge in [-0.3, -0.25) is 4.79 Å². The zero-order valence-electron chi connectivity index (χ0n) is 13.9. The molecule has 3 nitrogen and oxygen atoms in total. The van der Waals surface area contributed by atoms with E-state index in [0.29, 0.717) is 11.3 Å². The minimum absolute atomic E-state index is 0.140. The normalized spacial score (nSPS) is 21.8. The predicted octanol–water partition coefficient (Wildman–Crippen LogP) is 5.30. The highest BCUT2D eigenvalue weighted by molar-refractivity contribution is 8.04. The maximum absolute atomic E-state index is 13.0. The molecule has 0 fully saturated rings. The smallest absolute Gasteiger partial charge is 0.210 e. The number of anilines is 1. The second kappa shape index (κ2) is 6.34. The molecule has 0 spiro atoms. The summed E-state index contributed by atoms with van der Waals surface area (Å²) in [5.41, 5.74) is 1.82. The summed E-state index contributed by atoms with van der Waals surface area (Å²) >= 11 is 7.97. The average molecular weight is 362 g/mol. The molecule has 3 rings (SSSR count). The number of para-hydroxylation sites is 1. The van der Waals surface area contributed by atoms with Crippen LogP contribution in [0.2, 0.25) is 0 Å². The zero-order chi connectivity index (χ0) is 17.4. The summed E-state index contributed by atoms with van der Waals surface area (Å²) in [6, 6.07) is 15.3. The number of carbonyl (C=O) groups excluding carboxylic acids is 1. The van der Waals surface area contributed by atoms with E-state index in [1.165, 1.54) is 17.5 Å². The van der Waals surface area contributed by atoms with E-state index in [0.717, 1.165) is 12.1 Å². The van der Waals surface area contributed by atoms with Crippen LogP contribution in [-0.2, 0) is 6.42 Å². The molecular weight excluding hydrogens is 342 g/mol. The first-order valence-corrected chi connectivity index (χ1v) is 9.11. The standard InChI is InChI=1S/C19H20ClNO2S/c1-4-13-9-11-14(12-10-13)21-24-19(20)17(22)15-7-5-6-8-16(15)23-18(19,2)3/h5-12,21H,4H2,1-3H3. The number of hydrogen-bond acceptors (Lipinski definition) is 4. The van der Waals surface area contributed by atoms with E-state index in [1.807, 2.05) is 38.1 Å². The summed E-state index contributed by atoms with van der Waals surface area (Å²) < 4.78 is 7.96. The molecule has 126 valence electrons. The average Bonchev–Trinajstić information content (AvgIpc) is 2.58. The first kappa shape index (κ1) is 17.2. The molecular formula is C19H20ClNO2S. The van der Waals surface area contributed by atoms with Gasteiger partial charge >= 0.3 is 0 Å². The van der Waals surface area contributed by atoms with Gasteiger partial charge < -0.3 is 9.46 Å². The van der Waals surface area contributed by atoms with Crippen LogP contribution in [0.1, 0.15) is 36.7 Å². The number of aryl methyl sites for hydroxylation is 1. The first-order chi connectivity index (χ1) is 11.4. The van der Waals surface area contributed by atoms with Crippen molar-refractivity contribution in [2.75, 3.05) is 4.72 Å². The topological polar surface area (TPSA) is 38.3 Å². The Morgan fingerprint density at radius 3 is 2.46 bits per heavy atom. The molecule has 1 N–H and O–H groups in total. The number of ether oxygens (including phenoxy) is 1. The van der Waals surface area contributed by atoms with Crippen LogP contribution >= 0.6 is 23.5 Å². The van der Waals surface area contributed by atoms with Crippen LogP contribution in [0.4, 0.5) is 5.69 Å². The van der Waals surface area contributed by atoms with Crippen LogP contribution in [0.3, 0.4) is 0 Å². The van der Waals surface area contributed by atoms with Crippen LogP contribution < -0.4 is 9.46 Å². The van der Waals surface area contributed by atoms with E-state index in [2.05, 4.69) is 23.8 Å². The number of rotatable bonds is 4. The van der Waals surface area contributed by atoms with Crippen molar-refractivity contribution in [2.45, 2.75) is 37.0 Å². The Kier molecular flexibility index (Phi) is 4.54. The fraction of sp³-hybridized carbons (Fsp3) is 0.316. The highest BCUT2D eigenvalue weighted by Crippen LogP contribution is 2.49. The van der Waals surface area contributed by atoms with Gasteiger partial charge in [-0.05, 0) is 62.0 Å². The van der Waals surface area contributed by atoms with Gasteiger partial charge in [-0.15, -0.1) is 0 Å². The molecule has 1 aliphatic rings. The molecule has 0 aromatic heterocycles. The Morgan fingerprint density at radius 2 is 1.79 bits per heavy atom. The van der Waals surface area contributed by atoms with E-state index in [9.17, 15) is 4.79 Å². The van der Waals surface area contributed by atoms with Crippen molar-refractivity contribution in [3.8, 4) is 5.75 Å². The number of ketones is 1. The predicted molar refractivity (Wildman–Crippen MR) is 101 cm³/mol. The molecule has 0 saturated carbocycles. The molecule has 0 bridgehead atoms. The quantitative estimate of drug-likeness (QED) is 0.592. The third kappa shape index (κ3) is 2.89. The van der Waals surface area contributed by atoms with Gasteiger partial charge in [0.1, 0.15) is 11.4 Å². The second-order valence-electron chi connectivity index (χ2n) is 6.29. The Labute approximate surface area is 151 Å². The maximum Gasteiger partial charge on any atom is 0.210 e. The minimum atomic E-state index is -1.26. The fourth-order valence-corrected chi connectivity index (χ4v) is 3.78. The van der Waals surface area contributed by atoms with Gasteiger partial charge in [0.2, 0.25) is 9.99 Å². The second-order valence-corrected chi connectivity index (χ2v) is 8.10. The highest BCUT2D eigenvalue weighted by atomic mass is 35.5. The summed E-state index contributed by atoms with van der Waals surface area (Å²) in [6.07, 6.45) is 0.989. The van der Waals surface area contributed by atoms with Gasteiger partial charge in [-0.2, -0.15) is 0 Å². The molecule has 0 amide bonds. The van der Waals surface area contributed by atoms with Gasteiger partial charge in [0.25, 0.3) is 0 Å². The molecule has 1 unspecified atom stereocenters. The van der Waals surface area contributed by atoms with Crippen molar-refractivity contribution in [3.05, 3.63) is 59.7 Å². The monoisotopic (exact) mass is 361 g/mol. The number of Topliss-reactive ketones (excluding diaryl/α,β-unsaturated/α-hetero) is 1. The molecule has 2 aromatic rings. The molecule has 0 aliphatic carbocycles. The Bertz CT molecular complexity index is 760. The number of nitrogens with one attached hydrogen (secondary N) is 1. The number of alkyl halides is 1. The summed E-state index contributed by atoms with van der Waals surface area (Å²) in [4.78, 5) is 13.0. The van der Waals surface area contributed by atoms with Crippen molar-refractivity contribution in [1.29, 1.82) is 0 Å². The minimum Gasteiger partial charge on any atom is -0.484 e. The zero-order valence-corrected chi connectivity index (χ0v) is 15.5. The van der Waals surface area contributed by atoms with Crippen LogP contribution in [0, 0.1) is 0 Å². The van der Waals surface area contributed by atoms with Crippen LogP contribution in [0.15, 0.2) is 48.5 Å². The Morgan fingerprint density at radius 1 is 1.12 bits per heavy atom. The molecule has 1 aliphatic heterocycles. The molecule has 24 heavy (non-hydrogen) atoms. The molecule has 0 saturated heterocycles. The fourth-order valence-electron chi connectivity index (χ4n) is 2.64. The number of carbonyl (C=O) groups is 1. The van der Waals surface area contributed by atoms with Gasteiger partial charge in [-0.25, -0.2) is 0 Å². The van der Waals surface area contributed by atoms with Gasteiger partial charge in [-0.1, -0.05) is 42.8 Å². The molecule has 1 heterocycles. The molecule has 2 aromatic carbocycles. The maximum atomic E-state index is 13.0. The van der Waals surface area contributed by atoms with Crippen molar-refractivity contribution in [2.24, 2.45) is 0 Å². The van der Waals surface area contributed by atoms with E-state index in [-0.39, 0.29) is 5.78 Å². The number of fused-ring (bicyclic) bond motifs is 1. The molecule has 5 heteroatoms. The summed E-state index contributed by atoms with van der Waals surface area (Å²) in [7, 11) is 0. The van der Waals surface area contributed by atoms with E-state index in [1.54, 1.807) is 12.1 Å². The van der Waals surface area contributed by atoms with E-state index >= 15 is 0 Å². The van der Waals surface area contributed by atoms with Gasteiger partial charge in [0, 0.05) is 5.69 Å². The van der Waals surface area contributed by atoms with E-state index in [4.69, 9.17) is 16.3 Å². The molecule has 0 radical (unpaired) electrons.